The maximum absolute atomic E-state index is 4.47. The fourth-order valence-electron chi connectivity index (χ4n) is 2.03. The summed E-state index contributed by atoms with van der Waals surface area (Å²) in [5, 5.41) is 4.44. The third-order valence-corrected chi connectivity index (χ3v) is 3.03. The zero-order valence-electron chi connectivity index (χ0n) is 9.72. The van der Waals surface area contributed by atoms with Gasteiger partial charge in [0.05, 0.1) is 17.7 Å². The number of rotatable bonds is 3. The van der Waals surface area contributed by atoms with Gasteiger partial charge < -0.3 is 4.57 Å². The second-order valence-corrected chi connectivity index (χ2v) is 4.42. The molecule has 4 nitrogen and oxygen atoms in total. The predicted molar refractivity (Wildman–Crippen MR) is 62.1 cm³/mol. The van der Waals surface area contributed by atoms with Gasteiger partial charge in [0.25, 0.3) is 0 Å². The zero-order valence-corrected chi connectivity index (χ0v) is 9.72. The summed E-state index contributed by atoms with van der Waals surface area (Å²) in [4.78, 5) is 4.47. The van der Waals surface area contributed by atoms with Crippen LogP contribution in [0.2, 0.25) is 0 Å². The molecule has 0 saturated heterocycles. The van der Waals surface area contributed by atoms with Gasteiger partial charge >= 0.3 is 0 Å². The van der Waals surface area contributed by atoms with E-state index >= 15 is 0 Å². The van der Waals surface area contributed by atoms with Gasteiger partial charge in [-0.25, -0.2) is 4.98 Å². The van der Waals surface area contributed by atoms with E-state index in [1.165, 1.54) is 12.8 Å². The lowest BCUT2D eigenvalue weighted by molar-refractivity contribution is 0.659. The standard InChI is InChI=1S/C12H16N4/c1-3-16-12(6-9(2)14-16)11-7-15(8-13-11)10-4-5-10/h6-8,10H,3-5H2,1-2H3. The molecule has 0 bridgehead atoms. The summed E-state index contributed by atoms with van der Waals surface area (Å²) in [5.74, 6) is 0. The Kier molecular flexibility index (Phi) is 2.09. The monoisotopic (exact) mass is 216 g/mol. The Morgan fingerprint density at radius 3 is 2.94 bits per heavy atom. The second-order valence-electron chi connectivity index (χ2n) is 4.42. The van der Waals surface area contributed by atoms with Crippen LogP contribution in [-0.4, -0.2) is 19.3 Å². The molecule has 1 fully saturated rings. The molecule has 4 heteroatoms. The van der Waals surface area contributed by atoms with Crippen molar-refractivity contribution in [3.8, 4) is 11.4 Å². The quantitative estimate of drug-likeness (QED) is 0.789. The van der Waals surface area contributed by atoms with Gasteiger partial charge in [0, 0.05) is 18.8 Å². The van der Waals surface area contributed by atoms with Crippen molar-refractivity contribution in [3.05, 3.63) is 24.3 Å². The van der Waals surface area contributed by atoms with Crippen LogP contribution in [0.4, 0.5) is 0 Å². The van der Waals surface area contributed by atoms with Crippen LogP contribution >= 0.6 is 0 Å². The van der Waals surface area contributed by atoms with Crippen LogP contribution < -0.4 is 0 Å². The Hall–Kier alpha value is -1.58. The van der Waals surface area contributed by atoms with Crippen LogP contribution in [-0.2, 0) is 6.54 Å². The summed E-state index contributed by atoms with van der Waals surface area (Å²) >= 11 is 0. The molecule has 0 amide bonds. The molecule has 0 N–H and O–H groups in total. The van der Waals surface area contributed by atoms with Crippen LogP contribution in [0.15, 0.2) is 18.6 Å². The molecule has 0 atom stereocenters. The average Bonchev–Trinajstić information content (AvgIpc) is 2.89. The van der Waals surface area contributed by atoms with Gasteiger partial charge in [0.15, 0.2) is 0 Å². The number of hydrogen-bond donors (Lipinski definition) is 0. The molecule has 2 aromatic rings. The molecule has 3 rings (SSSR count). The summed E-state index contributed by atoms with van der Waals surface area (Å²) in [6.07, 6.45) is 6.67. The smallest absolute Gasteiger partial charge is 0.106 e. The maximum Gasteiger partial charge on any atom is 0.106 e. The van der Waals surface area contributed by atoms with E-state index < -0.39 is 0 Å². The van der Waals surface area contributed by atoms with Crippen LogP contribution in [0.3, 0.4) is 0 Å². The van der Waals surface area contributed by atoms with Crippen LogP contribution in [0.25, 0.3) is 11.4 Å². The predicted octanol–water partition coefficient (Wildman–Crippen LogP) is 2.41. The third kappa shape index (κ3) is 1.54. The molecule has 1 aliphatic rings. The summed E-state index contributed by atoms with van der Waals surface area (Å²) in [6.45, 7) is 5.01. The molecule has 0 aromatic carbocycles. The Balaban J connectivity index is 1.99. The van der Waals surface area contributed by atoms with Crippen LogP contribution in [0.5, 0.6) is 0 Å². The minimum atomic E-state index is 0.695. The van der Waals surface area contributed by atoms with Crippen LogP contribution in [0.1, 0.15) is 31.5 Å². The van der Waals surface area contributed by atoms with Crippen molar-refractivity contribution in [1.82, 2.24) is 19.3 Å². The third-order valence-electron chi connectivity index (χ3n) is 3.03. The van der Waals surface area contributed by atoms with Gasteiger partial charge in [-0.2, -0.15) is 5.10 Å². The Labute approximate surface area is 94.9 Å². The van der Waals surface area contributed by atoms with E-state index in [2.05, 4.69) is 33.8 Å². The molecular weight excluding hydrogens is 200 g/mol. The van der Waals surface area contributed by atoms with E-state index in [9.17, 15) is 0 Å². The lowest BCUT2D eigenvalue weighted by Gasteiger charge is -2.00. The fourth-order valence-corrected chi connectivity index (χ4v) is 2.03. The maximum atomic E-state index is 4.47. The highest BCUT2D eigenvalue weighted by atomic mass is 15.3. The Bertz CT molecular complexity index is 505. The summed E-state index contributed by atoms with van der Waals surface area (Å²) in [6, 6.07) is 2.80. The summed E-state index contributed by atoms with van der Waals surface area (Å²) in [7, 11) is 0. The Morgan fingerprint density at radius 2 is 2.25 bits per heavy atom. The van der Waals surface area contributed by atoms with Gasteiger partial charge in [-0.05, 0) is 32.8 Å². The number of aryl methyl sites for hydroxylation is 2. The van der Waals surface area contributed by atoms with Gasteiger partial charge in [0.1, 0.15) is 5.69 Å². The van der Waals surface area contributed by atoms with Crippen molar-refractivity contribution >= 4 is 0 Å². The lowest BCUT2D eigenvalue weighted by atomic mass is 10.3. The van der Waals surface area contributed by atoms with Gasteiger partial charge in [0.2, 0.25) is 0 Å². The number of hydrogen-bond acceptors (Lipinski definition) is 2. The summed E-state index contributed by atoms with van der Waals surface area (Å²) < 4.78 is 4.23. The highest BCUT2D eigenvalue weighted by Gasteiger charge is 2.23. The second kappa shape index (κ2) is 3.47. The van der Waals surface area contributed by atoms with E-state index in [4.69, 9.17) is 0 Å². The fraction of sp³-hybridized carbons (Fsp3) is 0.500. The molecule has 0 spiro atoms. The van der Waals surface area contributed by atoms with Crippen molar-refractivity contribution in [3.63, 3.8) is 0 Å². The van der Waals surface area contributed by atoms with Gasteiger partial charge in [-0.15, -0.1) is 0 Å². The molecule has 2 heterocycles. The SMILES string of the molecule is CCn1nc(C)cc1-c1cn(C2CC2)cn1. The first-order chi connectivity index (χ1) is 7.78. The van der Waals surface area contributed by atoms with Crippen molar-refractivity contribution in [2.45, 2.75) is 39.3 Å². The van der Waals surface area contributed by atoms with Crippen molar-refractivity contribution in [1.29, 1.82) is 0 Å². The van der Waals surface area contributed by atoms with Crippen molar-refractivity contribution in [2.24, 2.45) is 0 Å². The molecule has 0 unspecified atom stereocenters. The topological polar surface area (TPSA) is 35.6 Å². The molecule has 1 aliphatic carbocycles. The average molecular weight is 216 g/mol. The number of aromatic nitrogens is 4. The van der Waals surface area contributed by atoms with E-state index in [0.29, 0.717) is 6.04 Å². The van der Waals surface area contributed by atoms with Gasteiger partial charge in [-0.3, -0.25) is 4.68 Å². The Morgan fingerprint density at radius 1 is 1.44 bits per heavy atom. The molecular formula is C12H16N4. The van der Waals surface area contributed by atoms with Gasteiger partial charge in [-0.1, -0.05) is 0 Å². The first-order valence-corrected chi connectivity index (χ1v) is 5.86. The number of imidazole rings is 1. The minimum absolute atomic E-state index is 0.695. The van der Waals surface area contributed by atoms with E-state index in [-0.39, 0.29) is 0 Å². The lowest BCUT2D eigenvalue weighted by Crippen LogP contribution is -1.99. The largest absolute Gasteiger partial charge is 0.334 e. The van der Waals surface area contributed by atoms with E-state index in [1.54, 1.807) is 0 Å². The van der Waals surface area contributed by atoms with E-state index in [1.807, 2.05) is 17.9 Å². The normalized spacial score (nSPS) is 15.6. The number of nitrogens with zero attached hydrogens (tertiary/aromatic N) is 4. The first kappa shape index (κ1) is 9.63. The molecule has 84 valence electrons. The molecule has 0 radical (unpaired) electrons. The highest BCUT2D eigenvalue weighted by Crippen LogP contribution is 2.35. The highest BCUT2D eigenvalue weighted by molar-refractivity contribution is 5.54. The zero-order chi connectivity index (χ0) is 11.1. The molecule has 16 heavy (non-hydrogen) atoms. The molecule has 1 saturated carbocycles. The molecule has 2 aromatic heterocycles. The van der Waals surface area contributed by atoms with E-state index in [0.717, 1.165) is 23.6 Å². The summed E-state index contributed by atoms with van der Waals surface area (Å²) in [5.41, 5.74) is 3.21. The molecule has 0 aliphatic heterocycles. The minimum Gasteiger partial charge on any atom is -0.334 e. The first-order valence-electron chi connectivity index (χ1n) is 5.86. The van der Waals surface area contributed by atoms with Crippen molar-refractivity contribution in [2.75, 3.05) is 0 Å². The van der Waals surface area contributed by atoms with Crippen LogP contribution in [0, 0.1) is 6.92 Å². The van der Waals surface area contributed by atoms with Crippen molar-refractivity contribution < 1.29 is 0 Å².